The van der Waals surface area contributed by atoms with Gasteiger partial charge in [-0.2, -0.15) is 0 Å². The molecule has 1 heterocycles. The van der Waals surface area contributed by atoms with Crippen LogP contribution in [0.4, 0.5) is 4.39 Å². The second kappa shape index (κ2) is 7.85. The summed E-state index contributed by atoms with van der Waals surface area (Å²) in [6.07, 6.45) is 5.02. The molecule has 2 atom stereocenters. The molecule has 0 spiro atoms. The fourth-order valence-corrected chi connectivity index (χ4v) is 2.58. The Morgan fingerprint density at radius 2 is 1.80 bits per heavy atom. The fourth-order valence-electron chi connectivity index (χ4n) is 2.58. The summed E-state index contributed by atoms with van der Waals surface area (Å²) < 4.78 is 20.0. The number of para-hydroxylation sites is 1. The Labute approximate surface area is 146 Å². The van der Waals surface area contributed by atoms with Crippen molar-refractivity contribution in [1.82, 2.24) is 15.3 Å². The van der Waals surface area contributed by atoms with Gasteiger partial charge in [0.25, 0.3) is 0 Å². The minimum atomic E-state index is -0.387. The molecule has 0 fully saturated rings. The quantitative estimate of drug-likeness (QED) is 0.700. The van der Waals surface area contributed by atoms with Gasteiger partial charge in [0.1, 0.15) is 5.75 Å². The smallest absolute Gasteiger partial charge is 0.166 e. The normalized spacial score (nSPS) is 13.2. The molecule has 0 aliphatic rings. The van der Waals surface area contributed by atoms with Gasteiger partial charge in [-0.3, -0.25) is 9.97 Å². The molecule has 0 aliphatic heterocycles. The van der Waals surface area contributed by atoms with E-state index in [1.54, 1.807) is 36.8 Å². The first-order valence-corrected chi connectivity index (χ1v) is 8.18. The lowest BCUT2D eigenvalue weighted by molar-refractivity contribution is 0.438. The van der Waals surface area contributed by atoms with Gasteiger partial charge in [0.15, 0.2) is 11.6 Å². The van der Waals surface area contributed by atoms with Crippen LogP contribution in [0, 0.1) is 5.82 Å². The van der Waals surface area contributed by atoms with Crippen molar-refractivity contribution in [1.29, 1.82) is 0 Å². The van der Waals surface area contributed by atoms with Crippen LogP contribution in [-0.2, 0) is 0 Å². The van der Waals surface area contributed by atoms with E-state index in [1.165, 1.54) is 6.07 Å². The van der Waals surface area contributed by atoms with Crippen LogP contribution in [-0.4, -0.2) is 9.97 Å². The molecule has 0 bridgehead atoms. The Hall–Kier alpha value is -2.79. The van der Waals surface area contributed by atoms with Crippen LogP contribution in [0.1, 0.15) is 37.2 Å². The van der Waals surface area contributed by atoms with E-state index >= 15 is 0 Å². The fraction of sp³-hybridized carbons (Fsp3) is 0.200. The highest BCUT2D eigenvalue weighted by Crippen LogP contribution is 2.27. The molecule has 0 saturated carbocycles. The average Bonchev–Trinajstić information content (AvgIpc) is 2.65. The molecule has 3 aromatic rings. The molecule has 1 aromatic heterocycles. The Morgan fingerprint density at radius 1 is 1.00 bits per heavy atom. The molecule has 25 heavy (non-hydrogen) atoms. The molecular formula is C20H20FN3O. The number of hydrogen-bond donors (Lipinski definition) is 1. The molecule has 1 N–H and O–H groups in total. The molecule has 128 valence electrons. The molecule has 5 heteroatoms. The summed E-state index contributed by atoms with van der Waals surface area (Å²) in [5.74, 6) is 0.433. The van der Waals surface area contributed by atoms with Crippen molar-refractivity contribution in [2.24, 2.45) is 0 Å². The first-order valence-electron chi connectivity index (χ1n) is 8.18. The predicted octanol–water partition coefficient (Wildman–Crippen LogP) is 4.82. The summed E-state index contributed by atoms with van der Waals surface area (Å²) in [4.78, 5) is 8.36. The highest BCUT2D eigenvalue weighted by molar-refractivity contribution is 5.35. The van der Waals surface area contributed by atoms with Gasteiger partial charge in [-0.25, -0.2) is 4.39 Å². The van der Waals surface area contributed by atoms with Crippen molar-refractivity contribution in [3.05, 3.63) is 84.2 Å². The number of rotatable bonds is 6. The molecule has 0 unspecified atom stereocenters. The zero-order valence-electron chi connectivity index (χ0n) is 14.2. The molecule has 2 aromatic carbocycles. The van der Waals surface area contributed by atoms with Crippen LogP contribution in [0.5, 0.6) is 11.5 Å². The van der Waals surface area contributed by atoms with E-state index in [2.05, 4.69) is 15.3 Å². The molecule has 0 radical (unpaired) electrons. The minimum absolute atomic E-state index is 0.00649. The third-order valence-corrected chi connectivity index (χ3v) is 3.95. The number of hydrogen-bond acceptors (Lipinski definition) is 4. The maximum absolute atomic E-state index is 14.4. The van der Waals surface area contributed by atoms with E-state index in [4.69, 9.17) is 4.74 Å². The van der Waals surface area contributed by atoms with Crippen molar-refractivity contribution in [2.45, 2.75) is 25.9 Å². The van der Waals surface area contributed by atoms with E-state index in [0.717, 1.165) is 11.3 Å². The van der Waals surface area contributed by atoms with Crippen molar-refractivity contribution in [2.75, 3.05) is 0 Å². The summed E-state index contributed by atoms with van der Waals surface area (Å²) in [5, 5.41) is 3.40. The average molecular weight is 337 g/mol. The lowest BCUT2D eigenvalue weighted by Gasteiger charge is -2.20. The lowest BCUT2D eigenvalue weighted by atomic mass is 10.1. The summed E-state index contributed by atoms with van der Waals surface area (Å²) in [6, 6.07) is 14.1. The van der Waals surface area contributed by atoms with Gasteiger partial charge >= 0.3 is 0 Å². The van der Waals surface area contributed by atoms with Gasteiger partial charge in [-0.1, -0.05) is 24.3 Å². The number of aromatic nitrogens is 2. The number of benzene rings is 2. The number of ether oxygens (including phenoxy) is 1. The number of nitrogens with zero attached hydrogens (tertiary/aromatic N) is 2. The Balaban J connectivity index is 1.69. The molecule has 4 nitrogen and oxygen atoms in total. The van der Waals surface area contributed by atoms with E-state index in [0.29, 0.717) is 5.75 Å². The third kappa shape index (κ3) is 4.39. The Bertz CT molecular complexity index is 812. The second-order valence-corrected chi connectivity index (χ2v) is 5.85. The van der Waals surface area contributed by atoms with Gasteiger partial charge in [0.05, 0.1) is 5.69 Å². The van der Waals surface area contributed by atoms with E-state index in [9.17, 15) is 4.39 Å². The highest BCUT2D eigenvalue weighted by Gasteiger charge is 2.14. The van der Waals surface area contributed by atoms with Crippen LogP contribution < -0.4 is 10.1 Å². The first kappa shape index (κ1) is 17.0. The Kier molecular flexibility index (Phi) is 5.36. The van der Waals surface area contributed by atoms with Gasteiger partial charge in [0.2, 0.25) is 0 Å². The van der Waals surface area contributed by atoms with E-state index < -0.39 is 0 Å². The largest absolute Gasteiger partial charge is 0.454 e. The summed E-state index contributed by atoms with van der Waals surface area (Å²) in [6.45, 7) is 3.99. The standard InChI is InChI=1S/C20H20FN3O/c1-14(24-15(2)19-13-22-10-11-23-19)16-8-9-20(18(21)12-16)25-17-6-4-3-5-7-17/h3-15,24H,1-2H3/t14-,15+/m1/s1. The Morgan fingerprint density at radius 3 is 2.48 bits per heavy atom. The van der Waals surface area contributed by atoms with Crippen molar-refractivity contribution < 1.29 is 9.13 Å². The van der Waals surface area contributed by atoms with Gasteiger partial charge in [0, 0.05) is 30.7 Å². The lowest BCUT2D eigenvalue weighted by Crippen LogP contribution is -2.23. The molecule has 3 rings (SSSR count). The van der Waals surface area contributed by atoms with Crippen LogP contribution >= 0.6 is 0 Å². The monoisotopic (exact) mass is 337 g/mol. The predicted molar refractivity (Wildman–Crippen MR) is 94.9 cm³/mol. The topological polar surface area (TPSA) is 47.0 Å². The van der Waals surface area contributed by atoms with Crippen LogP contribution in [0.25, 0.3) is 0 Å². The van der Waals surface area contributed by atoms with Crippen molar-refractivity contribution >= 4 is 0 Å². The van der Waals surface area contributed by atoms with Gasteiger partial charge < -0.3 is 10.1 Å². The zero-order chi connectivity index (χ0) is 17.6. The maximum Gasteiger partial charge on any atom is 0.166 e. The SMILES string of the molecule is C[C@H](N[C@H](C)c1ccc(Oc2ccccc2)c(F)c1)c1cnccn1. The molecule has 0 aliphatic carbocycles. The molecule has 0 amide bonds. The summed E-state index contributed by atoms with van der Waals surface area (Å²) in [7, 11) is 0. The van der Waals surface area contributed by atoms with Crippen molar-refractivity contribution in [3.63, 3.8) is 0 Å². The number of nitrogens with one attached hydrogen (secondary N) is 1. The molecular weight excluding hydrogens is 317 g/mol. The maximum atomic E-state index is 14.4. The summed E-state index contributed by atoms with van der Waals surface area (Å²) in [5.41, 5.74) is 1.69. The molecule has 0 saturated heterocycles. The highest BCUT2D eigenvalue weighted by atomic mass is 19.1. The van der Waals surface area contributed by atoms with E-state index in [1.807, 2.05) is 38.1 Å². The van der Waals surface area contributed by atoms with Crippen LogP contribution in [0.3, 0.4) is 0 Å². The van der Waals surface area contributed by atoms with Gasteiger partial charge in [-0.05, 0) is 43.7 Å². The number of halogens is 1. The van der Waals surface area contributed by atoms with Crippen molar-refractivity contribution in [3.8, 4) is 11.5 Å². The zero-order valence-corrected chi connectivity index (χ0v) is 14.2. The van der Waals surface area contributed by atoms with E-state index in [-0.39, 0.29) is 23.7 Å². The van der Waals surface area contributed by atoms with Crippen LogP contribution in [0.15, 0.2) is 67.1 Å². The van der Waals surface area contributed by atoms with Gasteiger partial charge in [-0.15, -0.1) is 0 Å². The summed E-state index contributed by atoms with van der Waals surface area (Å²) >= 11 is 0. The first-order chi connectivity index (χ1) is 12.1. The second-order valence-electron chi connectivity index (χ2n) is 5.85. The minimum Gasteiger partial charge on any atom is -0.454 e. The third-order valence-electron chi connectivity index (χ3n) is 3.95. The van der Waals surface area contributed by atoms with Crippen LogP contribution in [0.2, 0.25) is 0 Å².